The first-order chi connectivity index (χ1) is 8.35. The third-order valence-electron chi connectivity index (χ3n) is 2.11. The molecule has 0 fully saturated rings. The van der Waals surface area contributed by atoms with Gasteiger partial charge in [0.1, 0.15) is 11.4 Å². The second-order valence-electron chi connectivity index (χ2n) is 4.79. The molecule has 1 amide bonds. The first-order valence-electron chi connectivity index (χ1n) is 5.71. The van der Waals surface area contributed by atoms with Crippen LogP contribution in [0.2, 0.25) is 0 Å². The van der Waals surface area contributed by atoms with Crippen LogP contribution < -0.4 is 15.4 Å². The molecular formula is C13H20N2O3. The summed E-state index contributed by atoms with van der Waals surface area (Å²) in [5, 5.41) is 5.66. The quantitative estimate of drug-likeness (QED) is 0.868. The smallest absolute Gasteiger partial charge is 0.412 e. The lowest BCUT2D eigenvalue weighted by Crippen LogP contribution is -2.27. The van der Waals surface area contributed by atoms with E-state index in [9.17, 15) is 4.79 Å². The molecule has 1 aromatic carbocycles. The highest BCUT2D eigenvalue weighted by molar-refractivity contribution is 5.86. The van der Waals surface area contributed by atoms with Gasteiger partial charge in [-0.15, -0.1) is 0 Å². The first-order valence-corrected chi connectivity index (χ1v) is 5.71. The predicted octanol–water partition coefficient (Wildman–Crippen LogP) is 3.08. The van der Waals surface area contributed by atoms with Crippen molar-refractivity contribution in [2.45, 2.75) is 26.4 Å². The molecule has 2 N–H and O–H groups in total. The van der Waals surface area contributed by atoms with Crippen molar-refractivity contribution in [2.24, 2.45) is 0 Å². The molecule has 0 aliphatic carbocycles. The highest BCUT2D eigenvalue weighted by Gasteiger charge is 2.16. The molecule has 0 atom stereocenters. The molecular weight excluding hydrogens is 232 g/mol. The molecule has 0 saturated carbocycles. The number of amides is 1. The minimum absolute atomic E-state index is 0.477. The lowest BCUT2D eigenvalue weighted by Gasteiger charge is -2.20. The van der Waals surface area contributed by atoms with Crippen LogP contribution >= 0.6 is 0 Å². The molecule has 0 heterocycles. The largest absolute Gasteiger partial charge is 0.495 e. The number of carbonyl (C=O) groups is 1. The van der Waals surface area contributed by atoms with Gasteiger partial charge in [0.05, 0.1) is 12.8 Å². The van der Waals surface area contributed by atoms with Gasteiger partial charge in [-0.05, 0) is 39.0 Å². The van der Waals surface area contributed by atoms with Crippen LogP contribution in [0.5, 0.6) is 5.75 Å². The Labute approximate surface area is 107 Å². The predicted molar refractivity (Wildman–Crippen MR) is 72.4 cm³/mol. The summed E-state index contributed by atoms with van der Waals surface area (Å²) in [6, 6.07) is 5.31. The maximum atomic E-state index is 11.6. The van der Waals surface area contributed by atoms with Gasteiger partial charge in [-0.2, -0.15) is 0 Å². The normalized spacial score (nSPS) is 10.7. The summed E-state index contributed by atoms with van der Waals surface area (Å²) in [6.07, 6.45) is -0.477. The molecule has 0 unspecified atom stereocenters. The average molecular weight is 252 g/mol. The summed E-state index contributed by atoms with van der Waals surface area (Å²) < 4.78 is 10.3. The Morgan fingerprint density at radius 2 is 1.94 bits per heavy atom. The summed E-state index contributed by atoms with van der Waals surface area (Å²) in [7, 11) is 3.38. The first kappa shape index (κ1) is 14.2. The van der Waals surface area contributed by atoms with Gasteiger partial charge in [-0.3, -0.25) is 5.32 Å². The zero-order valence-electron chi connectivity index (χ0n) is 11.5. The third-order valence-corrected chi connectivity index (χ3v) is 2.11. The van der Waals surface area contributed by atoms with E-state index in [4.69, 9.17) is 9.47 Å². The van der Waals surface area contributed by atoms with Gasteiger partial charge in [0, 0.05) is 12.7 Å². The number of hydrogen-bond acceptors (Lipinski definition) is 4. The summed E-state index contributed by atoms with van der Waals surface area (Å²) in [5.74, 6) is 0.715. The number of benzene rings is 1. The molecule has 5 heteroatoms. The molecule has 5 nitrogen and oxygen atoms in total. The molecule has 100 valence electrons. The topological polar surface area (TPSA) is 59.6 Å². The van der Waals surface area contributed by atoms with E-state index in [1.165, 1.54) is 0 Å². The molecule has 0 spiro atoms. The van der Waals surface area contributed by atoms with E-state index in [2.05, 4.69) is 10.6 Å². The fourth-order valence-corrected chi connectivity index (χ4v) is 1.40. The maximum Gasteiger partial charge on any atom is 0.412 e. The number of hydrogen-bond donors (Lipinski definition) is 2. The molecule has 0 aliphatic rings. The molecule has 1 rings (SSSR count). The van der Waals surface area contributed by atoms with Gasteiger partial charge in [-0.1, -0.05) is 0 Å². The van der Waals surface area contributed by atoms with Crippen LogP contribution in [0, 0.1) is 0 Å². The van der Waals surface area contributed by atoms with Gasteiger partial charge in [-0.25, -0.2) is 4.79 Å². The third kappa shape index (κ3) is 4.16. The summed E-state index contributed by atoms with van der Waals surface area (Å²) in [5.41, 5.74) is 0.933. The minimum atomic E-state index is -0.512. The Bertz CT molecular complexity index is 425. The molecule has 0 bridgehead atoms. The number of anilines is 2. The fraction of sp³-hybridized carbons (Fsp3) is 0.462. The summed E-state index contributed by atoms with van der Waals surface area (Å²) >= 11 is 0. The van der Waals surface area contributed by atoms with E-state index in [0.717, 1.165) is 5.69 Å². The van der Waals surface area contributed by atoms with Crippen LogP contribution in [0.4, 0.5) is 16.2 Å². The zero-order chi connectivity index (χ0) is 13.8. The van der Waals surface area contributed by atoms with E-state index >= 15 is 0 Å². The molecule has 0 saturated heterocycles. The van der Waals surface area contributed by atoms with Crippen molar-refractivity contribution in [3.63, 3.8) is 0 Å². The van der Waals surface area contributed by atoms with E-state index in [0.29, 0.717) is 11.4 Å². The Morgan fingerprint density at radius 3 is 2.44 bits per heavy atom. The van der Waals surface area contributed by atoms with E-state index < -0.39 is 11.7 Å². The number of methoxy groups -OCH3 is 1. The van der Waals surface area contributed by atoms with Crippen molar-refractivity contribution in [1.82, 2.24) is 0 Å². The molecule has 1 aromatic rings. The fourth-order valence-electron chi connectivity index (χ4n) is 1.40. The summed E-state index contributed by atoms with van der Waals surface area (Å²) in [6.45, 7) is 5.46. The SMILES string of the molecule is CNc1cc(NC(=O)OC(C)(C)C)ccc1OC. The van der Waals surface area contributed by atoms with Crippen molar-refractivity contribution in [3.05, 3.63) is 18.2 Å². The van der Waals surface area contributed by atoms with Crippen molar-refractivity contribution in [1.29, 1.82) is 0 Å². The van der Waals surface area contributed by atoms with Crippen LogP contribution in [0.15, 0.2) is 18.2 Å². The van der Waals surface area contributed by atoms with Crippen molar-refractivity contribution < 1.29 is 14.3 Å². The van der Waals surface area contributed by atoms with Gasteiger partial charge in [0.2, 0.25) is 0 Å². The lowest BCUT2D eigenvalue weighted by atomic mass is 10.2. The molecule has 0 radical (unpaired) electrons. The highest BCUT2D eigenvalue weighted by atomic mass is 16.6. The molecule has 0 aromatic heterocycles. The van der Waals surface area contributed by atoms with Crippen LogP contribution in [-0.4, -0.2) is 25.9 Å². The number of rotatable bonds is 3. The maximum absolute atomic E-state index is 11.6. The van der Waals surface area contributed by atoms with Crippen LogP contribution in [0.3, 0.4) is 0 Å². The van der Waals surface area contributed by atoms with Crippen LogP contribution in [0.25, 0.3) is 0 Å². The number of carbonyl (C=O) groups excluding carboxylic acids is 1. The average Bonchev–Trinajstić information content (AvgIpc) is 2.26. The van der Waals surface area contributed by atoms with Gasteiger partial charge in [0.15, 0.2) is 0 Å². The van der Waals surface area contributed by atoms with Crippen LogP contribution in [0.1, 0.15) is 20.8 Å². The lowest BCUT2D eigenvalue weighted by molar-refractivity contribution is 0.0636. The minimum Gasteiger partial charge on any atom is -0.495 e. The monoisotopic (exact) mass is 252 g/mol. The standard InChI is InChI=1S/C13H20N2O3/c1-13(2,3)18-12(16)15-9-6-7-11(17-5)10(8-9)14-4/h6-8,14H,1-5H3,(H,15,16). The van der Waals surface area contributed by atoms with Crippen molar-refractivity contribution >= 4 is 17.5 Å². The van der Waals surface area contributed by atoms with Crippen molar-refractivity contribution in [3.8, 4) is 5.75 Å². The van der Waals surface area contributed by atoms with E-state index in [1.54, 1.807) is 32.4 Å². The Kier molecular flexibility index (Phi) is 4.42. The van der Waals surface area contributed by atoms with Gasteiger partial charge < -0.3 is 14.8 Å². The highest BCUT2D eigenvalue weighted by Crippen LogP contribution is 2.27. The van der Waals surface area contributed by atoms with E-state index in [-0.39, 0.29) is 0 Å². The number of ether oxygens (including phenoxy) is 2. The second kappa shape index (κ2) is 5.62. The van der Waals surface area contributed by atoms with Gasteiger partial charge in [0.25, 0.3) is 0 Å². The molecule has 0 aliphatic heterocycles. The summed E-state index contributed by atoms with van der Waals surface area (Å²) in [4.78, 5) is 11.6. The van der Waals surface area contributed by atoms with E-state index in [1.807, 2.05) is 20.8 Å². The van der Waals surface area contributed by atoms with Gasteiger partial charge >= 0.3 is 6.09 Å². The number of nitrogens with one attached hydrogen (secondary N) is 2. The van der Waals surface area contributed by atoms with Crippen LogP contribution in [-0.2, 0) is 4.74 Å². The van der Waals surface area contributed by atoms with Crippen molar-refractivity contribution in [2.75, 3.05) is 24.8 Å². The molecule has 18 heavy (non-hydrogen) atoms. The second-order valence-corrected chi connectivity index (χ2v) is 4.79. The Balaban J connectivity index is 2.76. The Hall–Kier alpha value is -1.91. The zero-order valence-corrected chi connectivity index (χ0v) is 11.5. The Morgan fingerprint density at radius 1 is 1.28 bits per heavy atom.